The van der Waals surface area contributed by atoms with Gasteiger partial charge in [0.1, 0.15) is 0 Å². The van der Waals surface area contributed by atoms with Crippen LogP contribution in [0.1, 0.15) is 32.6 Å². The zero-order valence-corrected chi connectivity index (χ0v) is 5.41. The van der Waals surface area contributed by atoms with Crippen LogP contribution in [-0.4, -0.2) is 0 Å². The Kier molecular flexibility index (Phi) is 0.342. The van der Waals surface area contributed by atoms with Crippen LogP contribution in [0.5, 0.6) is 0 Å². The maximum absolute atomic E-state index is 2.49. The van der Waals surface area contributed by atoms with Crippen molar-refractivity contribution in [1.29, 1.82) is 0 Å². The molecule has 0 bridgehead atoms. The summed E-state index contributed by atoms with van der Waals surface area (Å²) >= 11 is 0. The third-order valence-electron chi connectivity index (χ3n) is 4.11. The molecule has 0 nitrogen and oxygen atoms in total. The monoisotopic (exact) mass is 108 g/mol. The van der Waals surface area contributed by atoms with Gasteiger partial charge in [-0.15, -0.1) is 0 Å². The van der Waals surface area contributed by atoms with E-state index in [2.05, 4.69) is 6.92 Å². The smallest absolute Gasteiger partial charge is 0.0238 e. The van der Waals surface area contributed by atoms with E-state index < -0.39 is 0 Å². The summed E-state index contributed by atoms with van der Waals surface area (Å²) in [4.78, 5) is 0. The van der Waals surface area contributed by atoms with E-state index >= 15 is 0 Å². The van der Waals surface area contributed by atoms with Gasteiger partial charge in [0.25, 0.3) is 0 Å². The minimum absolute atomic E-state index is 0.896. The molecule has 3 rings (SSSR count). The van der Waals surface area contributed by atoms with E-state index in [0.717, 1.165) is 10.8 Å². The van der Waals surface area contributed by atoms with Gasteiger partial charge in [0.15, 0.2) is 0 Å². The predicted octanol–water partition coefficient (Wildman–Crippen LogP) is 2.20. The molecule has 0 N–H and O–H groups in total. The third-order valence-corrected chi connectivity index (χ3v) is 4.11. The van der Waals surface area contributed by atoms with Gasteiger partial charge in [0, 0.05) is 0 Å². The van der Waals surface area contributed by atoms with Crippen molar-refractivity contribution in [2.24, 2.45) is 16.7 Å². The van der Waals surface area contributed by atoms with Crippen LogP contribution in [0.15, 0.2) is 0 Å². The van der Waals surface area contributed by atoms with Gasteiger partial charge in [-0.1, -0.05) is 6.92 Å². The highest BCUT2D eigenvalue weighted by Gasteiger charge is 2.77. The molecule has 0 aromatic carbocycles. The first-order valence-electron chi connectivity index (χ1n) is 3.77. The number of hydrogen-bond acceptors (Lipinski definition) is 0. The molecule has 2 unspecified atom stereocenters. The fourth-order valence-electron chi connectivity index (χ4n) is 2.90. The van der Waals surface area contributed by atoms with Gasteiger partial charge in [-0.3, -0.25) is 0 Å². The first kappa shape index (κ1) is 3.92. The predicted molar refractivity (Wildman–Crippen MR) is 32.5 cm³/mol. The Morgan fingerprint density at radius 2 is 2.00 bits per heavy atom. The Bertz CT molecular complexity index is 155. The lowest BCUT2D eigenvalue weighted by Gasteiger charge is -2.33. The topological polar surface area (TPSA) is 0 Å². The summed E-state index contributed by atoms with van der Waals surface area (Å²) < 4.78 is 0. The summed E-state index contributed by atoms with van der Waals surface area (Å²) in [5.74, 6) is 1.19. The van der Waals surface area contributed by atoms with Crippen molar-refractivity contribution in [1.82, 2.24) is 0 Å². The standard InChI is InChI=1S/C8H12/c1-7-4-6(7)5-8(7)2-3-8/h6H,2-5H2,1H3. The zero-order valence-electron chi connectivity index (χ0n) is 5.41. The van der Waals surface area contributed by atoms with Gasteiger partial charge < -0.3 is 0 Å². The lowest BCUT2D eigenvalue weighted by molar-refractivity contribution is 0.150. The molecule has 44 valence electrons. The number of rotatable bonds is 0. The molecule has 0 heterocycles. The molecule has 3 fully saturated rings. The summed E-state index contributed by atoms with van der Waals surface area (Å²) in [5, 5.41) is 0. The van der Waals surface area contributed by atoms with E-state index in [1.54, 1.807) is 25.7 Å². The first-order valence-corrected chi connectivity index (χ1v) is 3.77. The molecule has 2 atom stereocenters. The van der Waals surface area contributed by atoms with Crippen LogP contribution in [-0.2, 0) is 0 Å². The van der Waals surface area contributed by atoms with E-state index in [1.165, 1.54) is 5.92 Å². The summed E-state index contributed by atoms with van der Waals surface area (Å²) in [5.41, 5.74) is 1.84. The van der Waals surface area contributed by atoms with Gasteiger partial charge in [0.05, 0.1) is 0 Å². The minimum atomic E-state index is 0.896. The summed E-state index contributed by atoms with van der Waals surface area (Å²) in [6.45, 7) is 2.49. The maximum Gasteiger partial charge on any atom is -0.0238 e. The highest BCUT2D eigenvalue weighted by molar-refractivity contribution is 5.26. The van der Waals surface area contributed by atoms with Crippen molar-refractivity contribution in [2.75, 3.05) is 0 Å². The average Bonchev–Trinajstić information content (AvgIpc) is 2.50. The lowest BCUT2D eigenvalue weighted by Crippen LogP contribution is -2.26. The van der Waals surface area contributed by atoms with E-state index in [1.807, 2.05) is 0 Å². The number of fused-ring (bicyclic) bond motifs is 2. The molecule has 3 aliphatic rings. The Balaban J connectivity index is 2.05. The molecule has 3 aliphatic carbocycles. The van der Waals surface area contributed by atoms with Crippen molar-refractivity contribution in [3.63, 3.8) is 0 Å². The Hall–Kier alpha value is 0. The summed E-state index contributed by atoms with van der Waals surface area (Å²) in [7, 11) is 0. The van der Waals surface area contributed by atoms with Crippen molar-refractivity contribution in [3.8, 4) is 0 Å². The van der Waals surface area contributed by atoms with Crippen LogP contribution in [0.2, 0.25) is 0 Å². The maximum atomic E-state index is 2.49. The van der Waals surface area contributed by atoms with Gasteiger partial charge in [-0.05, 0) is 42.4 Å². The second kappa shape index (κ2) is 0.698. The Morgan fingerprint density at radius 1 is 1.25 bits per heavy atom. The van der Waals surface area contributed by atoms with Crippen molar-refractivity contribution < 1.29 is 0 Å². The van der Waals surface area contributed by atoms with Crippen molar-refractivity contribution in [3.05, 3.63) is 0 Å². The second-order valence-corrected chi connectivity index (χ2v) is 4.30. The summed E-state index contributed by atoms with van der Waals surface area (Å²) in [6, 6.07) is 0. The molecular weight excluding hydrogens is 96.1 g/mol. The summed E-state index contributed by atoms with van der Waals surface area (Å²) in [6.07, 6.45) is 6.32. The van der Waals surface area contributed by atoms with Crippen LogP contribution < -0.4 is 0 Å². The van der Waals surface area contributed by atoms with Crippen LogP contribution in [0.3, 0.4) is 0 Å². The molecule has 1 spiro atoms. The van der Waals surface area contributed by atoms with Crippen molar-refractivity contribution >= 4 is 0 Å². The van der Waals surface area contributed by atoms with Gasteiger partial charge in [0.2, 0.25) is 0 Å². The van der Waals surface area contributed by atoms with E-state index in [0.29, 0.717) is 0 Å². The molecule has 0 aromatic heterocycles. The molecule has 0 heteroatoms. The normalized spacial score (nSPS) is 61.9. The molecule has 0 saturated heterocycles. The van der Waals surface area contributed by atoms with E-state index in [4.69, 9.17) is 0 Å². The van der Waals surface area contributed by atoms with Crippen LogP contribution in [0.4, 0.5) is 0 Å². The fourth-order valence-corrected chi connectivity index (χ4v) is 2.90. The molecule has 0 aliphatic heterocycles. The van der Waals surface area contributed by atoms with E-state index in [-0.39, 0.29) is 0 Å². The van der Waals surface area contributed by atoms with Gasteiger partial charge in [-0.2, -0.15) is 0 Å². The largest absolute Gasteiger partial charge is 0.0588 e. The van der Waals surface area contributed by atoms with E-state index in [9.17, 15) is 0 Å². The molecular formula is C8H12. The Labute approximate surface area is 50.3 Å². The SMILES string of the molecule is CC12CC1CC21CC1. The zero-order chi connectivity index (χ0) is 5.41. The minimum Gasteiger partial charge on any atom is -0.0588 e. The fraction of sp³-hybridized carbons (Fsp3) is 1.00. The highest BCUT2D eigenvalue weighted by atomic mass is 14.8. The number of hydrogen-bond donors (Lipinski definition) is 0. The molecule has 0 radical (unpaired) electrons. The van der Waals surface area contributed by atoms with Crippen LogP contribution >= 0.6 is 0 Å². The quantitative estimate of drug-likeness (QED) is 0.446. The molecule has 0 aromatic rings. The van der Waals surface area contributed by atoms with Crippen LogP contribution in [0, 0.1) is 16.7 Å². The lowest BCUT2D eigenvalue weighted by atomic mass is 9.71. The molecule has 3 saturated carbocycles. The van der Waals surface area contributed by atoms with Crippen molar-refractivity contribution in [2.45, 2.75) is 32.6 Å². The highest BCUT2D eigenvalue weighted by Crippen LogP contribution is 2.86. The average molecular weight is 108 g/mol. The van der Waals surface area contributed by atoms with Crippen LogP contribution in [0.25, 0.3) is 0 Å². The van der Waals surface area contributed by atoms with Gasteiger partial charge >= 0.3 is 0 Å². The Morgan fingerprint density at radius 3 is 2.12 bits per heavy atom. The second-order valence-electron chi connectivity index (χ2n) is 4.30. The molecule has 0 amide bonds. The molecule has 8 heavy (non-hydrogen) atoms. The first-order chi connectivity index (χ1) is 3.77. The third kappa shape index (κ3) is 0.191. The van der Waals surface area contributed by atoms with Gasteiger partial charge in [-0.25, -0.2) is 0 Å².